The predicted molar refractivity (Wildman–Crippen MR) is 86.8 cm³/mol. The van der Waals surface area contributed by atoms with Crippen LogP contribution in [0.1, 0.15) is 17.3 Å². The molecule has 0 aliphatic carbocycles. The van der Waals surface area contributed by atoms with Crippen molar-refractivity contribution in [1.29, 1.82) is 0 Å². The van der Waals surface area contributed by atoms with Crippen LogP contribution < -0.4 is 11.1 Å². The zero-order valence-corrected chi connectivity index (χ0v) is 12.6. The second kappa shape index (κ2) is 8.44. The van der Waals surface area contributed by atoms with Gasteiger partial charge in [-0.1, -0.05) is 36.4 Å². The Kier molecular flexibility index (Phi) is 6.24. The monoisotopic (exact) mass is 301 g/mol. The Bertz CT molecular complexity index is 548. The number of rotatable bonds is 7. The van der Waals surface area contributed by atoms with E-state index in [1.807, 2.05) is 48.5 Å². The van der Waals surface area contributed by atoms with Crippen molar-refractivity contribution in [2.24, 2.45) is 5.73 Å². The molecule has 0 fully saturated rings. The highest BCUT2D eigenvalue weighted by atomic mass is 32.2. The zero-order chi connectivity index (χ0) is 14.9. The van der Waals surface area contributed by atoms with E-state index in [2.05, 4.69) is 10.3 Å². The number of benzene rings is 1. The maximum atomic E-state index is 11.8. The van der Waals surface area contributed by atoms with Gasteiger partial charge in [-0.2, -0.15) is 0 Å². The van der Waals surface area contributed by atoms with Gasteiger partial charge < -0.3 is 11.1 Å². The molecule has 21 heavy (non-hydrogen) atoms. The molecule has 4 nitrogen and oxygen atoms in total. The van der Waals surface area contributed by atoms with Crippen LogP contribution in [0.2, 0.25) is 0 Å². The third kappa shape index (κ3) is 5.57. The normalized spacial score (nSPS) is 11.9. The molecular formula is C16H19N3OS. The molecule has 0 bridgehead atoms. The summed E-state index contributed by atoms with van der Waals surface area (Å²) in [5, 5.41) is 2.86. The number of nitrogens with zero attached hydrogens (tertiary/aromatic N) is 1. The molecule has 1 aromatic carbocycles. The highest BCUT2D eigenvalue weighted by Crippen LogP contribution is 2.10. The molecule has 0 saturated carbocycles. The summed E-state index contributed by atoms with van der Waals surface area (Å²) in [6.07, 6.45) is 1.76. The van der Waals surface area contributed by atoms with Crippen LogP contribution in [0.5, 0.6) is 0 Å². The van der Waals surface area contributed by atoms with E-state index in [-0.39, 0.29) is 11.9 Å². The van der Waals surface area contributed by atoms with Crippen molar-refractivity contribution in [3.05, 3.63) is 66.0 Å². The van der Waals surface area contributed by atoms with Crippen molar-refractivity contribution in [2.75, 3.05) is 12.3 Å². The molecule has 0 aliphatic rings. The summed E-state index contributed by atoms with van der Waals surface area (Å²) in [6.45, 7) is 0.451. The third-order valence-electron chi connectivity index (χ3n) is 2.96. The van der Waals surface area contributed by atoms with Gasteiger partial charge >= 0.3 is 0 Å². The third-order valence-corrected chi connectivity index (χ3v) is 3.92. The maximum Gasteiger partial charge on any atom is 0.230 e. The second-order valence-electron chi connectivity index (χ2n) is 4.64. The van der Waals surface area contributed by atoms with E-state index >= 15 is 0 Å². The lowest BCUT2D eigenvalue weighted by Crippen LogP contribution is -2.33. The Labute approximate surface area is 129 Å². The Morgan fingerprint density at radius 3 is 2.67 bits per heavy atom. The topological polar surface area (TPSA) is 68.0 Å². The number of pyridine rings is 1. The average Bonchev–Trinajstić information content (AvgIpc) is 2.54. The molecule has 2 aromatic rings. The standard InChI is InChI=1S/C16H19N3OS/c17-15(13-6-2-1-3-7-13)10-19-16(20)12-21-11-14-8-4-5-9-18-14/h1-9,15H,10-12,17H2,(H,19,20). The number of thioether (sulfide) groups is 1. The van der Waals surface area contributed by atoms with Gasteiger partial charge in [0.2, 0.25) is 5.91 Å². The predicted octanol–water partition coefficient (Wildman–Crippen LogP) is 2.13. The Balaban J connectivity index is 1.66. The van der Waals surface area contributed by atoms with Gasteiger partial charge in [-0.15, -0.1) is 11.8 Å². The van der Waals surface area contributed by atoms with Crippen LogP contribution >= 0.6 is 11.8 Å². The van der Waals surface area contributed by atoms with Crippen molar-refractivity contribution in [2.45, 2.75) is 11.8 Å². The van der Waals surface area contributed by atoms with Gasteiger partial charge in [0, 0.05) is 24.5 Å². The van der Waals surface area contributed by atoms with E-state index in [9.17, 15) is 4.79 Å². The highest BCUT2D eigenvalue weighted by Gasteiger charge is 2.08. The van der Waals surface area contributed by atoms with E-state index in [1.165, 1.54) is 0 Å². The summed E-state index contributed by atoms with van der Waals surface area (Å²) < 4.78 is 0. The van der Waals surface area contributed by atoms with Crippen LogP contribution in [0.4, 0.5) is 0 Å². The molecular weight excluding hydrogens is 282 g/mol. The van der Waals surface area contributed by atoms with E-state index in [4.69, 9.17) is 5.73 Å². The van der Waals surface area contributed by atoms with Gasteiger partial charge in [0.15, 0.2) is 0 Å². The number of carbonyl (C=O) groups is 1. The fraction of sp³-hybridized carbons (Fsp3) is 0.250. The molecule has 110 valence electrons. The molecule has 1 amide bonds. The second-order valence-corrected chi connectivity index (χ2v) is 5.62. The number of carbonyl (C=O) groups excluding carboxylic acids is 1. The summed E-state index contributed by atoms with van der Waals surface area (Å²) in [5.74, 6) is 1.15. The summed E-state index contributed by atoms with van der Waals surface area (Å²) in [6, 6.07) is 15.4. The van der Waals surface area contributed by atoms with E-state index in [0.717, 1.165) is 17.0 Å². The van der Waals surface area contributed by atoms with Crippen molar-refractivity contribution in [3.8, 4) is 0 Å². The van der Waals surface area contributed by atoms with Crippen molar-refractivity contribution >= 4 is 17.7 Å². The van der Waals surface area contributed by atoms with Gasteiger partial charge in [-0.05, 0) is 17.7 Å². The van der Waals surface area contributed by atoms with Crippen LogP contribution in [0, 0.1) is 0 Å². The minimum Gasteiger partial charge on any atom is -0.353 e. The summed E-state index contributed by atoms with van der Waals surface area (Å²) in [4.78, 5) is 16.0. The van der Waals surface area contributed by atoms with E-state index in [0.29, 0.717) is 12.3 Å². The average molecular weight is 301 g/mol. The summed E-state index contributed by atoms with van der Waals surface area (Å²) in [5.41, 5.74) is 8.04. The molecule has 1 unspecified atom stereocenters. The van der Waals surface area contributed by atoms with Gasteiger partial charge in [-0.3, -0.25) is 9.78 Å². The Morgan fingerprint density at radius 1 is 1.19 bits per heavy atom. The zero-order valence-electron chi connectivity index (χ0n) is 11.7. The quantitative estimate of drug-likeness (QED) is 0.822. The largest absolute Gasteiger partial charge is 0.353 e. The number of amides is 1. The number of hydrogen-bond acceptors (Lipinski definition) is 4. The number of nitrogens with one attached hydrogen (secondary N) is 1. The smallest absolute Gasteiger partial charge is 0.230 e. The van der Waals surface area contributed by atoms with Crippen molar-refractivity contribution < 1.29 is 4.79 Å². The van der Waals surface area contributed by atoms with Gasteiger partial charge in [0.25, 0.3) is 0 Å². The molecule has 5 heteroatoms. The van der Waals surface area contributed by atoms with E-state index in [1.54, 1.807) is 18.0 Å². The Morgan fingerprint density at radius 2 is 1.95 bits per heavy atom. The van der Waals surface area contributed by atoms with Crippen LogP contribution in [0.25, 0.3) is 0 Å². The van der Waals surface area contributed by atoms with E-state index < -0.39 is 0 Å². The molecule has 0 aliphatic heterocycles. The number of nitrogens with two attached hydrogens (primary N) is 1. The summed E-state index contributed by atoms with van der Waals surface area (Å²) in [7, 11) is 0. The first-order valence-corrected chi connectivity index (χ1v) is 7.96. The molecule has 0 spiro atoms. The first-order chi connectivity index (χ1) is 10.3. The van der Waals surface area contributed by atoms with Crippen LogP contribution in [0.15, 0.2) is 54.7 Å². The lowest BCUT2D eigenvalue weighted by Gasteiger charge is -2.13. The molecule has 1 aromatic heterocycles. The van der Waals surface area contributed by atoms with Crippen LogP contribution in [-0.4, -0.2) is 23.2 Å². The minimum atomic E-state index is -0.170. The molecule has 1 atom stereocenters. The molecule has 2 rings (SSSR count). The van der Waals surface area contributed by atoms with Crippen LogP contribution in [-0.2, 0) is 10.5 Å². The minimum absolute atomic E-state index is 0.00214. The Hall–Kier alpha value is -1.85. The SMILES string of the molecule is NC(CNC(=O)CSCc1ccccn1)c1ccccc1. The lowest BCUT2D eigenvalue weighted by atomic mass is 10.1. The molecule has 0 saturated heterocycles. The number of aromatic nitrogens is 1. The number of hydrogen-bond donors (Lipinski definition) is 2. The summed E-state index contributed by atoms with van der Waals surface area (Å²) >= 11 is 1.55. The van der Waals surface area contributed by atoms with Crippen molar-refractivity contribution in [3.63, 3.8) is 0 Å². The molecule has 3 N–H and O–H groups in total. The van der Waals surface area contributed by atoms with Crippen LogP contribution in [0.3, 0.4) is 0 Å². The maximum absolute atomic E-state index is 11.8. The first kappa shape index (κ1) is 15.5. The van der Waals surface area contributed by atoms with Gasteiger partial charge in [-0.25, -0.2) is 0 Å². The fourth-order valence-corrected chi connectivity index (χ4v) is 2.59. The van der Waals surface area contributed by atoms with Crippen molar-refractivity contribution in [1.82, 2.24) is 10.3 Å². The highest BCUT2D eigenvalue weighted by molar-refractivity contribution is 7.99. The molecule has 0 radical (unpaired) electrons. The fourth-order valence-electron chi connectivity index (χ4n) is 1.82. The lowest BCUT2D eigenvalue weighted by molar-refractivity contribution is -0.118. The van der Waals surface area contributed by atoms with Gasteiger partial charge in [0.1, 0.15) is 0 Å². The van der Waals surface area contributed by atoms with Gasteiger partial charge in [0.05, 0.1) is 11.4 Å². The first-order valence-electron chi connectivity index (χ1n) is 6.80. The molecule has 1 heterocycles.